The van der Waals surface area contributed by atoms with Gasteiger partial charge in [0.2, 0.25) is 10.9 Å². The van der Waals surface area contributed by atoms with Gasteiger partial charge in [-0.15, -0.1) is 10.2 Å². The summed E-state index contributed by atoms with van der Waals surface area (Å²) >= 11 is 7.34. The fourth-order valence-corrected chi connectivity index (χ4v) is 5.29. The van der Waals surface area contributed by atoms with E-state index >= 15 is 0 Å². The van der Waals surface area contributed by atoms with Crippen LogP contribution in [0.2, 0.25) is 5.02 Å². The first-order valence-electron chi connectivity index (χ1n) is 10.4. The molecule has 5 rings (SSSR count). The first-order valence-corrected chi connectivity index (χ1v) is 11.6. The minimum absolute atomic E-state index is 0.0841. The summed E-state index contributed by atoms with van der Waals surface area (Å²) < 4.78 is 5.88. The van der Waals surface area contributed by atoms with Crippen LogP contribution >= 0.6 is 22.9 Å². The number of carbonyl (C=O) groups excluding carboxylic acids is 1. The predicted octanol–water partition coefficient (Wildman–Crippen LogP) is 5.15. The van der Waals surface area contributed by atoms with Crippen LogP contribution in [-0.4, -0.2) is 21.0 Å². The molecule has 0 spiro atoms. The maximum absolute atomic E-state index is 13.6. The molecule has 4 aromatic rings. The number of carbonyl (C=O) groups is 1. The number of halogens is 1. The van der Waals surface area contributed by atoms with E-state index in [-0.39, 0.29) is 33.1 Å². The van der Waals surface area contributed by atoms with Crippen LogP contribution in [0.1, 0.15) is 46.6 Å². The maximum Gasteiger partial charge on any atom is 0.297 e. The highest BCUT2D eigenvalue weighted by molar-refractivity contribution is 7.15. The smallest absolute Gasteiger partial charge is 0.297 e. The van der Waals surface area contributed by atoms with E-state index in [2.05, 4.69) is 10.2 Å². The van der Waals surface area contributed by atoms with Gasteiger partial charge in [-0.05, 0) is 29.7 Å². The molecule has 0 bridgehead atoms. The van der Waals surface area contributed by atoms with Gasteiger partial charge in [0.1, 0.15) is 10.6 Å². The Morgan fingerprint density at radius 3 is 2.74 bits per heavy atom. The van der Waals surface area contributed by atoms with Crippen molar-refractivity contribution in [2.45, 2.75) is 26.3 Å². The number of amides is 1. The Labute approximate surface area is 201 Å². The van der Waals surface area contributed by atoms with Gasteiger partial charge in [-0.2, -0.15) is 0 Å². The summed E-state index contributed by atoms with van der Waals surface area (Å²) in [7, 11) is 0. The molecule has 1 aliphatic rings. The van der Waals surface area contributed by atoms with E-state index in [0.29, 0.717) is 22.9 Å². The van der Waals surface area contributed by atoms with E-state index in [9.17, 15) is 19.7 Å². The minimum Gasteiger partial charge on any atom is -0.450 e. The van der Waals surface area contributed by atoms with Crippen molar-refractivity contribution in [3.8, 4) is 0 Å². The van der Waals surface area contributed by atoms with E-state index in [1.165, 1.54) is 46.6 Å². The van der Waals surface area contributed by atoms with Crippen LogP contribution in [0.25, 0.3) is 11.0 Å². The quantitative estimate of drug-likeness (QED) is 0.276. The summed E-state index contributed by atoms with van der Waals surface area (Å²) in [6, 6.07) is 9.44. The number of benzene rings is 2. The Balaban J connectivity index is 1.76. The monoisotopic (exact) mass is 496 g/mol. The number of fused-ring (bicyclic) bond motifs is 2. The topological polar surface area (TPSA) is 119 Å². The Morgan fingerprint density at radius 1 is 1.21 bits per heavy atom. The summed E-state index contributed by atoms with van der Waals surface area (Å²) in [5.74, 6) is -0.359. The standard InChI is InChI=1S/C23H17ClN4O5S/c1-11(2)8-17-25-26-23(34-17)27-19(12-4-3-5-14(9-12)28(31)32)18-20(29)15-10-13(24)6-7-16(15)33-21(18)22(27)30/h3-7,9-11,19H,8H2,1-2H3. The van der Waals surface area contributed by atoms with E-state index in [1.54, 1.807) is 12.1 Å². The second-order valence-corrected chi connectivity index (χ2v) is 9.80. The van der Waals surface area contributed by atoms with Crippen molar-refractivity contribution in [1.82, 2.24) is 10.2 Å². The molecule has 1 aliphatic heterocycles. The van der Waals surface area contributed by atoms with Gasteiger partial charge in [0, 0.05) is 23.6 Å². The van der Waals surface area contributed by atoms with Crippen LogP contribution in [0.3, 0.4) is 0 Å². The lowest BCUT2D eigenvalue weighted by molar-refractivity contribution is -0.384. The number of nitro benzene ring substituents is 1. The highest BCUT2D eigenvalue weighted by atomic mass is 35.5. The van der Waals surface area contributed by atoms with Crippen LogP contribution in [0.4, 0.5) is 10.8 Å². The third-order valence-electron chi connectivity index (χ3n) is 5.47. The lowest BCUT2D eigenvalue weighted by Crippen LogP contribution is -2.29. The van der Waals surface area contributed by atoms with Crippen LogP contribution in [0.5, 0.6) is 0 Å². The first kappa shape index (κ1) is 22.2. The molecule has 9 nitrogen and oxygen atoms in total. The van der Waals surface area contributed by atoms with Crippen molar-refractivity contribution in [2.24, 2.45) is 5.92 Å². The molecule has 0 saturated carbocycles. The minimum atomic E-state index is -0.970. The third kappa shape index (κ3) is 3.64. The van der Waals surface area contributed by atoms with Gasteiger partial charge in [-0.1, -0.05) is 48.9 Å². The fraction of sp³-hybridized carbons (Fsp3) is 0.217. The van der Waals surface area contributed by atoms with Crippen LogP contribution in [0.15, 0.2) is 51.7 Å². The van der Waals surface area contributed by atoms with Gasteiger partial charge in [0.05, 0.1) is 21.9 Å². The SMILES string of the molecule is CC(C)Cc1nnc(N2C(=O)c3oc4ccc(Cl)cc4c(=O)c3C2c2cccc([N+](=O)[O-])c2)s1. The van der Waals surface area contributed by atoms with Gasteiger partial charge >= 0.3 is 0 Å². The largest absolute Gasteiger partial charge is 0.450 e. The molecule has 0 radical (unpaired) electrons. The number of rotatable bonds is 5. The van der Waals surface area contributed by atoms with Gasteiger partial charge in [-0.25, -0.2) is 0 Å². The molecule has 172 valence electrons. The zero-order valence-corrected chi connectivity index (χ0v) is 19.6. The Morgan fingerprint density at radius 2 is 2.00 bits per heavy atom. The molecule has 34 heavy (non-hydrogen) atoms. The van der Waals surface area contributed by atoms with Gasteiger partial charge in [0.15, 0.2) is 5.43 Å². The molecule has 0 saturated heterocycles. The molecule has 2 aromatic heterocycles. The molecule has 0 aliphatic carbocycles. The predicted molar refractivity (Wildman–Crippen MR) is 128 cm³/mol. The number of non-ortho nitro benzene ring substituents is 1. The van der Waals surface area contributed by atoms with Gasteiger partial charge < -0.3 is 4.42 Å². The molecular formula is C23H17ClN4O5S. The number of nitrogens with zero attached hydrogens (tertiary/aromatic N) is 4. The summed E-state index contributed by atoms with van der Waals surface area (Å²) in [5.41, 5.74) is 0.0951. The summed E-state index contributed by atoms with van der Waals surface area (Å²) in [6.45, 7) is 4.09. The van der Waals surface area contributed by atoms with Crippen LogP contribution in [0, 0.1) is 16.0 Å². The third-order valence-corrected chi connectivity index (χ3v) is 6.65. The van der Waals surface area contributed by atoms with Crippen molar-refractivity contribution in [1.29, 1.82) is 0 Å². The Bertz CT molecular complexity index is 1530. The number of hydrogen-bond donors (Lipinski definition) is 0. The van der Waals surface area contributed by atoms with Crippen LogP contribution < -0.4 is 10.3 Å². The van der Waals surface area contributed by atoms with Crippen molar-refractivity contribution >= 4 is 50.6 Å². The lowest BCUT2D eigenvalue weighted by Gasteiger charge is -2.21. The molecule has 3 heterocycles. The normalized spacial score (nSPS) is 15.4. The Kier molecular flexibility index (Phi) is 5.41. The number of nitro groups is 1. The van der Waals surface area contributed by atoms with Crippen molar-refractivity contribution in [3.63, 3.8) is 0 Å². The second-order valence-electron chi connectivity index (χ2n) is 8.32. The molecule has 1 unspecified atom stereocenters. The van der Waals surface area contributed by atoms with Crippen molar-refractivity contribution in [2.75, 3.05) is 4.90 Å². The number of aromatic nitrogens is 2. The molecule has 0 fully saturated rings. The van der Waals surface area contributed by atoms with Crippen molar-refractivity contribution in [3.05, 3.63) is 89.7 Å². The zero-order valence-electron chi connectivity index (χ0n) is 18.0. The zero-order chi connectivity index (χ0) is 24.1. The highest BCUT2D eigenvalue weighted by Gasteiger charge is 2.45. The number of anilines is 1. The lowest BCUT2D eigenvalue weighted by atomic mass is 9.98. The first-order chi connectivity index (χ1) is 16.2. The summed E-state index contributed by atoms with van der Waals surface area (Å²) in [4.78, 5) is 39.4. The summed E-state index contributed by atoms with van der Waals surface area (Å²) in [6.07, 6.45) is 0.674. The average Bonchev–Trinajstić information content (AvgIpc) is 3.36. The van der Waals surface area contributed by atoms with Crippen molar-refractivity contribution < 1.29 is 14.1 Å². The highest BCUT2D eigenvalue weighted by Crippen LogP contribution is 2.43. The molecule has 1 atom stereocenters. The molecule has 11 heteroatoms. The fourth-order valence-electron chi connectivity index (χ4n) is 4.04. The molecule has 2 aromatic carbocycles. The second kappa shape index (κ2) is 8.30. The van der Waals surface area contributed by atoms with E-state index < -0.39 is 22.3 Å². The molecular weight excluding hydrogens is 480 g/mol. The molecule has 1 amide bonds. The van der Waals surface area contributed by atoms with E-state index in [1.807, 2.05) is 13.8 Å². The maximum atomic E-state index is 13.6. The van der Waals surface area contributed by atoms with Gasteiger partial charge in [-0.3, -0.25) is 24.6 Å². The summed E-state index contributed by atoms with van der Waals surface area (Å²) in [5, 5.41) is 21.4. The average molecular weight is 497 g/mol. The number of hydrogen-bond acceptors (Lipinski definition) is 8. The van der Waals surface area contributed by atoms with E-state index in [0.717, 1.165) is 5.01 Å². The molecule has 0 N–H and O–H groups in total. The van der Waals surface area contributed by atoms with Crippen LogP contribution in [-0.2, 0) is 6.42 Å². The van der Waals surface area contributed by atoms with Gasteiger partial charge in [0.25, 0.3) is 11.6 Å². The van der Waals surface area contributed by atoms with E-state index in [4.69, 9.17) is 16.0 Å². The Hall–Kier alpha value is -3.63.